The molecule has 0 atom stereocenters. The lowest BCUT2D eigenvalue weighted by Gasteiger charge is -2.28. The molecule has 11 aromatic rings. The molecule has 0 bridgehead atoms. The predicted octanol–water partition coefficient (Wildman–Crippen LogP) is 16.0. The molecule has 0 radical (unpaired) electrons. The largest absolute Gasteiger partial charge is 0.310 e. The number of thiophene rings is 2. The average Bonchev–Trinajstić information content (AvgIpc) is 3.82. The van der Waals surface area contributed by atoms with Gasteiger partial charge in [0.05, 0.1) is 5.69 Å². The Kier molecular flexibility index (Phi) is 7.61. The minimum atomic E-state index is 1.11. The Labute approximate surface area is 327 Å². The van der Waals surface area contributed by atoms with E-state index in [1.54, 1.807) is 0 Å². The molecule has 1 nitrogen and oxygen atoms in total. The van der Waals surface area contributed by atoms with Gasteiger partial charge >= 0.3 is 0 Å². The highest BCUT2D eigenvalue weighted by atomic mass is 32.1. The zero-order chi connectivity index (χ0) is 36.3. The summed E-state index contributed by atoms with van der Waals surface area (Å²) in [5.41, 5.74) is 10.6. The highest BCUT2D eigenvalue weighted by Crippen LogP contribution is 2.45. The normalized spacial score (nSPS) is 11.6. The number of benzene rings is 9. The number of fused-ring (bicyclic) bond motifs is 7. The maximum Gasteiger partial charge on any atom is 0.0540 e. The fourth-order valence-corrected chi connectivity index (χ4v) is 10.4. The van der Waals surface area contributed by atoms with E-state index in [9.17, 15) is 0 Å². The predicted molar refractivity (Wildman–Crippen MR) is 241 cm³/mol. The van der Waals surface area contributed by atoms with Crippen LogP contribution in [0.2, 0.25) is 0 Å². The second-order valence-electron chi connectivity index (χ2n) is 14.1. The van der Waals surface area contributed by atoms with Gasteiger partial charge in [-0.1, -0.05) is 133 Å². The van der Waals surface area contributed by atoms with Crippen LogP contribution in [-0.2, 0) is 0 Å². The molecule has 258 valence electrons. The molecule has 0 saturated carbocycles. The molecule has 9 aromatic carbocycles. The van der Waals surface area contributed by atoms with Crippen molar-refractivity contribution in [2.24, 2.45) is 0 Å². The molecule has 0 aliphatic heterocycles. The van der Waals surface area contributed by atoms with Gasteiger partial charge in [0.2, 0.25) is 0 Å². The van der Waals surface area contributed by atoms with E-state index in [-0.39, 0.29) is 0 Å². The van der Waals surface area contributed by atoms with Gasteiger partial charge in [0, 0.05) is 57.3 Å². The highest BCUT2D eigenvalue weighted by Gasteiger charge is 2.19. The van der Waals surface area contributed by atoms with E-state index >= 15 is 0 Å². The van der Waals surface area contributed by atoms with Crippen LogP contribution < -0.4 is 4.90 Å². The van der Waals surface area contributed by atoms with Gasteiger partial charge < -0.3 is 4.90 Å². The zero-order valence-corrected chi connectivity index (χ0v) is 31.4. The van der Waals surface area contributed by atoms with E-state index in [0.29, 0.717) is 0 Å². The van der Waals surface area contributed by atoms with Crippen LogP contribution in [0.25, 0.3) is 84.5 Å². The maximum absolute atomic E-state index is 2.43. The molecule has 55 heavy (non-hydrogen) atoms. The molecule has 11 rings (SSSR count). The van der Waals surface area contributed by atoms with Gasteiger partial charge in [-0.3, -0.25) is 0 Å². The molecule has 3 heteroatoms. The second-order valence-corrected chi connectivity index (χ2v) is 16.3. The van der Waals surface area contributed by atoms with Crippen molar-refractivity contribution < 1.29 is 0 Å². The Hall–Kier alpha value is -6.52. The van der Waals surface area contributed by atoms with Crippen LogP contribution in [0, 0.1) is 0 Å². The second kappa shape index (κ2) is 13.1. The Morgan fingerprint density at radius 3 is 1.75 bits per heavy atom. The standard InChI is InChI=1S/C52H33NS2/c1-2-11-36-30-38(21-20-34(36)10-1)35-22-26-41(27-23-35)53(42-13-9-12-37(31-42)39-25-29-51-47(32-39)45-16-5-8-19-50(45)54-51)48-17-6-3-14-43(48)40-24-28-46-44-15-4-7-18-49(44)55-52(46)33-40/h1-33H. The van der Waals surface area contributed by atoms with Crippen LogP contribution >= 0.6 is 22.7 Å². The summed E-state index contributed by atoms with van der Waals surface area (Å²) >= 11 is 3.73. The molecule has 0 fully saturated rings. The first-order valence-electron chi connectivity index (χ1n) is 18.7. The van der Waals surface area contributed by atoms with E-state index in [4.69, 9.17) is 0 Å². The Morgan fingerprint density at radius 1 is 0.291 bits per heavy atom. The van der Waals surface area contributed by atoms with Crippen molar-refractivity contribution in [3.8, 4) is 33.4 Å². The minimum absolute atomic E-state index is 1.11. The number of rotatable bonds is 6. The monoisotopic (exact) mass is 735 g/mol. The highest BCUT2D eigenvalue weighted by molar-refractivity contribution is 7.26. The smallest absolute Gasteiger partial charge is 0.0540 e. The number of anilines is 3. The van der Waals surface area contributed by atoms with Crippen LogP contribution in [0.3, 0.4) is 0 Å². The van der Waals surface area contributed by atoms with E-state index < -0.39 is 0 Å². The minimum Gasteiger partial charge on any atom is -0.310 e. The van der Waals surface area contributed by atoms with Crippen molar-refractivity contribution in [3.63, 3.8) is 0 Å². The van der Waals surface area contributed by atoms with Crippen molar-refractivity contribution >= 4 is 90.9 Å². The van der Waals surface area contributed by atoms with Crippen LogP contribution in [0.5, 0.6) is 0 Å². The fourth-order valence-electron chi connectivity index (χ4n) is 8.14. The molecular formula is C52H33NS2. The van der Waals surface area contributed by atoms with Crippen molar-refractivity contribution in [1.29, 1.82) is 0 Å². The van der Waals surface area contributed by atoms with Crippen molar-refractivity contribution in [2.75, 3.05) is 4.90 Å². The molecular weight excluding hydrogens is 703 g/mol. The first-order valence-corrected chi connectivity index (χ1v) is 20.3. The van der Waals surface area contributed by atoms with Gasteiger partial charge in [-0.25, -0.2) is 0 Å². The van der Waals surface area contributed by atoms with E-state index in [1.165, 1.54) is 84.5 Å². The summed E-state index contributed by atoms with van der Waals surface area (Å²) in [6, 6.07) is 73.6. The lowest BCUT2D eigenvalue weighted by atomic mass is 9.98. The number of nitrogens with zero attached hydrogens (tertiary/aromatic N) is 1. The van der Waals surface area contributed by atoms with Gasteiger partial charge in [-0.15, -0.1) is 22.7 Å². The van der Waals surface area contributed by atoms with Gasteiger partial charge in [0.1, 0.15) is 0 Å². The zero-order valence-electron chi connectivity index (χ0n) is 29.8. The molecule has 0 amide bonds. The third-order valence-electron chi connectivity index (χ3n) is 10.9. The quantitative estimate of drug-likeness (QED) is 0.164. The first-order chi connectivity index (χ1) is 27.2. The number of hydrogen-bond donors (Lipinski definition) is 0. The van der Waals surface area contributed by atoms with Gasteiger partial charge in [0.15, 0.2) is 0 Å². The molecule has 0 spiro atoms. The summed E-state index contributed by atoms with van der Waals surface area (Å²) in [6.07, 6.45) is 0. The van der Waals surface area contributed by atoms with Crippen molar-refractivity contribution in [2.45, 2.75) is 0 Å². The first kappa shape index (κ1) is 32.0. The fraction of sp³-hybridized carbons (Fsp3) is 0. The van der Waals surface area contributed by atoms with Crippen LogP contribution in [0.4, 0.5) is 17.1 Å². The summed E-state index contributed by atoms with van der Waals surface area (Å²) in [4.78, 5) is 2.43. The van der Waals surface area contributed by atoms with Gasteiger partial charge in [0.25, 0.3) is 0 Å². The van der Waals surface area contributed by atoms with E-state index in [1.807, 2.05) is 22.7 Å². The lowest BCUT2D eigenvalue weighted by molar-refractivity contribution is 1.28. The van der Waals surface area contributed by atoms with E-state index in [0.717, 1.165) is 17.1 Å². The van der Waals surface area contributed by atoms with Gasteiger partial charge in [-0.2, -0.15) is 0 Å². The Balaban J connectivity index is 1.06. The third kappa shape index (κ3) is 5.60. The van der Waals surface area contributed by atoms with E-state index in [2.05, 4.69) is 205 Å². The molecule has 0 saturated heterocycles. The van der Waals surface area contributed by atoms with Gasteiger partial charge in [-0.05, 0) is 105 Å². The lowest BCUT2D eigenvalue weighted by Crippen LogP contribution is -2.11. The Bertz CT molecular complexity index is 3220. The van der Waals surface area contributed by atoms with Crippen LogP contribution in [0.1, 0.15) is 0 Å². The maximum atomic E-state index is 2.43. The third-order valence-corrected chi connectivity index (χ3v) is 13.1. The average molecular weight is 736 g/mol. The summed E-state index contributed by atoms with van der Waals surface area (Å²) in [5, 5.41) is 7.77. The molecule has 0 unspecified atom stereocenters. The molecule has 0 N–H and O–H groups in total. The number of hydrogen-bond acceptors (Lipinski definition) is 3. The molecule has 2 aromatic heterocycles. The number of para-hydroxylation sites is 1. The summed E-state index contributed by atoms with van der Waals surface area (Å²) in [7, 11) is 0. The summed E-state index contributed by atoms with van der Waals surface area (Å²) in [6.45, 7) is 0. The molecule has 2 heterocycles. The summed E-state index contributed by atoms with van der Waals surface area (Å²) < 4.78 is 5.27. The molecule has 0 aliphatic rings. The van der Waals surface area contributed by atoms with Crippen LogP contribution in [0.15, 0.2) is 200 Å². The SMILES string of the molecule is c1cc(-c2ccc3sc4ccccc4c3c2)cc(N(c2ccc(-c3ccc4ccccc4c3)cc2)c2ccccc2-c2ccc3c(c2)sc2ccccc23)c1. The van der Waals surface area contributed by atoms with Crippen molar-refractivity contribution in [1.82, 2.24) is 0 Å². The summed E-state index contributed by atoms with van der Waals surface area (Å²) in [5.74, 6) is 0. The van der Waals surface area contributed by atoms with Crippen LogP contribution in [-0.4, -0.2) is 0 Å². The van der Waals surface area contributed by atoms with Crippen molar-refractivity contribution in [3.05, 3.63) is 200 Å². The topological polar surface area (TPSA) is 3.24 Å². The molecule has 0 aliphatic carbocycles. The Morgan fingerprint density at radius 2 is 0.891 bits per heavy atom.